The number of hydrogen-bond acceptors (Lipinski definition) is 3. The van der Waals surface area contributed by atoms with E-state index < -0.39 is 0 Å². The van der Waals surface area contributed by atoms with Crippen LogP contribution in [0.5, 0.6) is 0 Å². The number of carbonyl (C=O) groups excluding carboxylic acids is 1. The van der Waals surface area contributed by atoms with Gasteiger partial charge in [0.2, 0.25) is 5.91 Å². The van der Waals surface area contributed by atoms with Crippen molar-refractivity contribution >= 4 is 17.7 Å². The molecule has 3 aromatic rings. The summed E-state index contributed by atoms with van der Waals surface area (Å²) in [6, 6.07) is 14.6. The summed E-state index contributed by atoms with van der Waals surface area (Å²) >= 11 is 1.40. The van der Waals surface area contributed by atoms with Crippen LogP contribution in [0.1, 0.15) is 18.1 Å². The normalized spacial score (nSPS) is 14.7. The Kier molecular flexibility index (Phi) is 4.99. The molecule has 0 saturated heterocycles. The summed E-state index contributed by atoms with van der Waals surface area (Å²) in [4.78, 5) is 19.2. The molecule has 1 aliphatic rings. The predicted octanol–water partition coefficient (Wildman–Crippen LogP) is 4.08. The highest BCUT2D eigenvalue weighted by atomic mass is 32.2. The van der Waals surface area contributed by atoms with E-state index in [1.54, 1.807) is 18.5 Å². The molecule has 0 radical (unpaired) electrons. The van der Waals surface area contributed by atoms with Gasteiger partial charge in [-0.25, -0.2) is 9.37 Å². The van der Waals surface area contributed by atoms with E-state index in [9.17, 15) is 9.18 Å². The van der Waals surface area contributed by atoms with Crippen molar-refractivity contribution in [3.05, 3.63) is 77.9 Å². The summed E-state index contributed by atoms with van der Waals surface area (Å²) in [7, 11) is 0. The molecule has 1 unspecified atom stereocenters. The second-order valence-electron chi connectivity index (χ2n) is 6.60. The van der Waals surface area contributed by atoms with Gasteiger partial charge in [-0.15, -0.1) is 0 Å². The van der Waals surface area contributed by atoms with Crippen LogP contribution in [0.4, 0.5) is 4.39 Å². The van der Waals surface area contributed by atoms with Crippen LogP contribution in [-0.4, -0.2) is 32.2 Å². The number of imidazole rings is 1. The summed E-state index contributed by atoms with van der Waals surface area (Å²) in [6.07, 6.45) is 4.34. The molecular weight excluding hydrogens is 361 g/mol. The average Bonchev–Trinajstić information content (AvgIpc) is 3.15. The van der Waals surface area contributed by atoms with Gasteiger partial charge in [0.25, 0.3) is 0 Å². The number of amides is 1. The standard InChI is InChI=1S/C21H20FN3OS/c1-15(20(26)24-11-9-16-5-2-3-6-17(16)14-24)27-21-23-10-12-25(21)19-8-4-7-18(22)13-19/h2-8,10,12-13,15H,9,11,14H2,1H3. The Morgan fingerprint density at radius 1 is 1.19 bits per heavy atom. The highest BCUT2D eigenvalue weighted by Crippen LogP contribution is 2.27. The quantitative estimate of drug-likeness (QED) is 0.639. The molecule has 4 nitrogen and oxygen atoms in total. The number of fused-ring (bicyclic) bond motifs is 1. The van der Waals surface area contributed by atoms with Crippen molar-refractivity contribution in [2.24, 2.45) is 0 Å². The minimum absolute atomic E-state index is 0.100. The molecule has 138 valence electrons. The third-order valence-corrected chi connectivity index (χ3v) is 5.83. The Labute approximate surface area is 162 Å². The lowest BCUT2D eigenvalue weighted by molar-refractivity contribution is -0.131. The Bertz CT molecular complexity index is 971. The first kappa shape index (κ1) is 17.8. The van der Waals surface area contributed by atoms with Crippen LogP contribution in [0.25, 0.3) is 5.69 Å². The zero-order valence-electron chi connectivity index (χ0n) is 15.0. The molecule has 0 fully saturated rings. The number of hydrogen-bond donors (Lipinski definition) is 0. The molecule has 0 aliphatic carbocycles. The maximum atomic E-state index is 13.5. The van der Waals surface area contributed by atoms with Gasteiger partial charge in [0.1, 0.15) is 5.82 Å². The van der Waals surface area contributed by atoms with Gasteiger partial charge >= 0.3 is 0 Å². The molecule has 1 amide bonds. The Hall–Kier alpha value is -2.60. The van der Waals surface area contributed by atoms with Gasteiger partial charge in [0.15, 0.2) is 5.16 Å². The van der Waals surface area contributed by atoms with Gasteiger partial charge in [-0.05, 0) is 42.7 Å². The van der Waals surface area contributed by atoms with E-state index >= 15 is 0 Å². The first-order valence-electron chi connectivity index (χ1n) is 8.93. The first-order valence-corrected chi connectivity index (χ1v) is 9.81. The number of aromatic nitrogens is 2. The maximum absolute atomic E-state index is 13.5. The number of halogens is 1. The van der Waals surface area contributed by atoms with Crippen molar-refractivity contribution in [3.8, 4) is 5.69 Å². The lowest BCUT2D eigenvalue weighted by atomic mass is 10.00. The van der Waals surface area contributed by atoms with Crippen LogP contribution in [0.3, 0.4) is 0 Å². The van der Waals surface area contributed by atoms with Crippen molar-refractivity contribution in [3.63, 3.8) is 0 Å². The van der Waals surface area contributed by atoms with Crippen LogP contribution in [0.15, 0.2) is 66.1 Å². The largest absolute Gasteiger partial charge is 0.337 e. The van der Waals surface area contributed by atoms with E-state index in [1.807, 2.05) is 34.6 Å². The molecule has 0 spiro atoms. The molecule has 1 atom stereocenters. The third-order valence-electron chi connectivity index (χ3n) is 4.77. The third kappa shape index (κ3) is 3.76. The van der Waals surface area contributed by atoms with Crippen LogP contribution in [-0.2, 0) is 17.8 Å². The van der Waals surface area contributed by atoms with E-state index in [0.717, 1.165) is 13.0 Å². The molecule has 1 aromatic heterocycles. The van der Waals surface area contributed by atoms with Gasteiger partial charge in [0.05, 0.1) is 10.9 Å². The van der Waals surface area contributed by atoms with Crippen LogP contribution in [0, 0.1) is 5.82 Å². The van der Waals surface area contributed by atoms with E-state index in [-0.39, 0.29) is 17.0 Å². The smallest absolute Gasteiger partial charge is 0.236 e. The van der Waals surface area contributed by atoms with Crippen molar-refractivity contribution in [1.82, 2.24) is 14.5 Å². The zero-order chi connectivity index (χ0) is 18.8. The molecule has 0 saturated carbocycles. The van der Waals surface area contributed by atoms with Crippen molar-refractivity contribution in [1.29, 1.82) is 0 Å². The molecule has 2 aromatic carbocycles. The topological polar surface area (TPSA) is 38.1 Å². The second kappa shape index (κ2) is 7.56. The number of benzene rings is 2. The Balaban J connectivity index is 1.48. The van der Waals surface area contributed by atoms with Crippen LogP contribution < -0.4 is 0 Å². The SMILES string of the molecule is CC(Sc1nccn1-c1cccc(F)c1)C(=O)N1CCc2ccccc2C1. The number of thioether (sulfide) groups is 1. The van der Waals surface area contributed by atoms with Gasteiger partial charge < -0.3 is 4.90 Å². The minimum Gasteiger partial charge on any atom is -0.337 e. The molecule has 0 bridgehead atoms. The summed E-state index contributed by atoms with van der Waals surface area (Å²) in [6.45, 7) is 3.29. The predicted molar refractivity (Wildman–Crippen MR) is 104 cm³/mol. The Morgan fingerprint density at radius 2 is 2.00 bits per heavy atom. The number of nitrogens with zero attached hydrogens (tertiary/aromatic N) is 3. The highest BCUT2D eigenvalue weighted by molar-refractivity contribution is 8.00. The molecule has 4 rings (SSSR count). The van der Waals surface area contributed by atoms with Gasteiger partial charge in [-0.3, -0.25) is 9.36 Å². The van der Waals surface area contributed by atoms with Gasteiger partial charge in [-0.2, -0.15) is 0 Å². The van der Waals surface area contributed by atoms with Crippen LogP contribution >= 0.6 is 11.8 Å². The Morgan fingerprint density at radius 3 is 2.81 bits per heavy atom. The van der Waals surface area contributed by atoms with Gasteiger partial charge in [-0.1, -0.05) is 42.1 Å². The fourth-order valence-corrected chi connectivity index (χ4v) is 4.32. The molecule has 0 N–H and O–H groups in total. The van der Waals surface area contributed by atoms with E-state index in [0.29, 0.717) is 17.4 Å². The van der Waals surface area contributed by atoms with Crippen molar-refractivity contribution < 1.29 is 9.18 Å². The zero-order valence-corrected chi connectivity index (χ0v) is 15.8. The molecule has 1 aliphatic heterocycles. The number of carbonyl (C=O) groups is 1. The van der Waals surface area contributed by atoms with Crippen molar-refractivity contribution in [2.45, 2.75) is 30.3 Å². The highest BCUT2D eigenvalue weighted by Gasteiger charge is 2.26. The average molecular weight is 381 g/mol. The van der Waals surface area contributed by atoms with Gasteiger partial charge in [0, 0.05) is 25.5 Å². The summed E-state index contributed by atoms with van der Waals surface area (Å²) in [5.41, 5.74) is 3.24. The summed E-state index contributed by atoms with van der Waals surface area (Å²) in [5, 5.41) is 0.406. The number of rotatable bonds is 4. The fraction of sp³-hybridized carbons (Fsp3) is 0.238. The first-order chi connectivity index (χ1) is 13.1. The van der Waals surface area contributed by atoms with E-state index in [2.05, 4.69) is 17.1 Å². The summed E-state index contributed by atoms with van der Waals surface area (Å²) < 4.78 is 15.4. The molecule has 2 heterocycles. The lowest BCUT2D eigenvalue weighted by Gasteiger charge is -2.30. The molecule has 27 heavy (non-hydrogen) atoms. The second-order valence-corrected chi connectivity index (χ2v) is 7.91. The summed E-state index contributed by atoms with van der Waals surface area (Å²) in [5.74, 6) is -0.198. The fourth-order valence-electron chi connectivity index (χ4n) is 3.35. The maximum Gasteiger partial charge on any atom is 0.236 e. The molecular formula is C21H20FN3OS. The molecule has 6 heteroatoms. The monoisotopic (exact) mass is 381 g/mol. The van der Waals surface area contributed by atoms with E-state index in [4.69, 9.17) is 0 Å². The van der Waals surface area contributed by atoms with Crippen molar-refractivity contribution in [2.75, 3.05) is 6.54 Å². The van der Waals surface area contributed by atoms with E-state index in [1.165, 1.54) is 35.0 Å². The minimum atomic E-state index is -0.298. The lowest BCUT2D eigenvalue weighted by Crippen LogP contribution is -2.40. The van der Waals surface area contributed by atoms with Crippen LogP contribution in [0.2, 0.25) is 0 Å².